The van der Waals surface area contributed by atoms with E-state index in [1.54, 1.807) is 4.68 Å². The predicted molar refractivity (Wildman–Crippen MR) is 63.7 cm³/mol. The number of hydrogen-bond acceptors (Lipinski definition) is 3. The Hall–Kier alpha value is -2.11. The van der Waals surface area contributed by atoms with Crippen LogP contribution in [0.3, 0.4) is 0 Å². The second-order valence-corrected chi connectivity index (χ2v) is 4.29. The van der Waals surface area contributed by atoms with Crippen LogP contribution in [-0.4, -0.2) is 27.1 Å². The van der Waals surface area contributed by atoms with Gasteiger partial charge in [-0.3, -0.25) is 0 Å². The molecule has 1 aromatic heterocycles. The lowest BCUT2D eigenvalue weighted by Crippen LogP contribution is -2.30. The third kappa shape index (κ3) is 2.06. The molecule has 1 fully saturated rings. The monoisotopic (exact) mass is 231 g/mol. The number of carbonyl (C=O) groups excluding carboxylic acids is 1. The van der Waals surface area contributed by atoms with Crippen molar-refractivity contribution in [2.75, 3.05) is 5.32 Å². The highest BCUT2D eigenvalue weighted by Gasteiger charge is 2.23. The lowest BCUT2D eigenvalue weighted by molar-refractivity contribution is 0.251. The number of nitrogens with one attached hydrogen (secondary N) is 2. The number of aryl methyl sites for hydroxylation is 1. The fourth-order valence-electron chi connectivity index (χ4n) is 1.70. The quantitative estimate of drug-likeness (QED) is 0.817. The Bertz CT molecular complexity index is 572. The normalized spacial score (nSPS) is 14.9. The van der Waals surface area contributed by atoms with Gasteiger partial charge in [0.1, 0.15) is 5.52 Å². The minimum absolute atomic E-state index is 0.157. The van der Waals surface area contributed by atoms with Gasteiger partial charge in [0.25, 0.3) is 0 Å². The van der Waals surface area contributed by atoms with E-state index < -0.39 is 0 Å². The van der Waals surface area contributed by atoms with Crippen LogP contribution >= 0.6 is 0 Å². The standard InChI is InChI=1S/C11H13N5O/c1-16-10-5-4-8(6-9(10)14-15-16)13-11(17)12-7-2-3-7/h4-7H,2-3H2,1H3,(H2,12,13,17). The van der Waals surface area contributed by atoms with Crippen LogP contribution < -0.4 is 10.6 Å². The number of urea groups is 1. The van der Waals surface area contributed by atoms with E-state index in [4.69, 9.17) is 0 Å². The molecule has 0 radical (unpaired) electrons. The van der Waals surface area contributed by atoms with Gasteiger partial charge in [0.2, 0.25) is 0 Å². The molecule has 1 aliphatic carbocycles. The molecule has 0 atom stereocenters. The molecular formula is C11H13N5O. The first-order chi connectivity index (χ1) is 8.22. The van der Waals surface area contributed by atoms with Crippen molar-refractivity contribution in [2.24, 2.45) is 7.05 Å². The van der Waals surface area contributed by atoms with Gasteiger partial charge in [-0.25, -0.2) is 9.48 Å². The van der Waals surface area contributed by atoms with Crippen LogP contribution in [0.4, 0.5) is 10.5 Å². The number of fused-ring (bicyclic) bond motifs is 1. The molecule has 3 rings (SSSR count). The number of hydrogen-bond donors (Lipinski definition) is 2. The van der Waals surface area contributed by atoms with E-state index in [1.165, 1.54) is 0 Å². The second-order valence-electron chi connectivity index (χ2n) is 4.29. The van der Waals surface area contributed by atoms with Gasteiger partial charge in [-0.05, 0) is 31.0 Å². The average molecular weight is 231 g/mol. The van der Waals surface area contributed by atoms with E-state index in [2.05, 4.69) is 20.9 Å². The van der Waals surface area contributed by atoms with Crippen LogP contribution in [0.1, 0.15) is 12.8 Å². The van der Waals surface area contributed by atoms with Crippen LogP contribution in [0, 0.1) is 0 Å². The van der Waals surface area contributed by atoms with Gasteiger partial charge >= 0.3 is 6.03 Å². The first-order valence-corrected chi connectivity index (χ1v) is 5.59. The Morgan fingerprint density at radius 1 is 1.47 bits per heavy atom. The number of rotatable bonds is 2. The first kappa shape index (κ1) is 10.1. The topological polar surface area (TPSA) is 71.8 Å². The van der Waals surface area contributed by atoms with Crippen molar-refractivity contribution in [3.63, 3.8) is 0 Å². The Balaban J connectivity index is 1.77. The van der Waals surface area contributed by atoms with Crippen molar-refractivity contribution in [3.8, 4) is 0 Å². The largest absolute Gasteiger partial charge is 0.335 e. The Kier molecular flexibility index (Phi) is 2.21. The van der Waals surface area contributed by atoms with Gasteiger partial charge in [-0.15, -0.1) is 5.10 Å². The molecule has 1 heterocycles. The molecule has 0 aliphatic heterocycles. The fraction of sp³-hybridized carbons (Fsp3) is 0.364. The number of nitrogens with zero attached hydrogens (tertiary/aromatic N) is 3. The highest BCUT2D eigenvalue weighted by molar-refractivity contribution is 5.92. The molecule has 1 aromatic carbocycles. The molecule has 0 bridgehead atoms. The van der Waals surface area contributed by atoms with Gasteiger partial charge in [-0.1, -0.05) is 5.21 Å². The van der Waals surface area contributed by atoms with Crippen LogP contribution in [0.5, 0.6) is 0 Å². The third-order valence-electron chi connectivity index (χ3n) is 2.78. The van der Waals surface area contributed by atoms with Crippen molar-refractivity contribution >= 4 is 22.8 Å². The summed E-state index contributed by atoms with van der Waals surface area (Å²) < 4.78 is 1.70. The number of anilines is 1. The third-order valence-corrected chi connectivity index (χ3v) is 2.78. The maximum atomic E-state index is 11.5. The van der Waals surface area contributed by atoms with Crippen molar-refractivity contribution in [3.05, 3.63) is 18.2 Å². The second kappa shape index (κ2) is 3.73. The van der Waals surface area contributed by atoms with Gasteiger partial charge in [0.15, 0.2) is 0 Å². The molecule has 0 unspecified atom stereocenters. The zero-order chi connectivity index (χ0) is 11.8. The molecule has 2 N–H and O–H groups in total. The molecule has 2 aromatic rings. The summed E-state index contributed by atoms with van der Waals surface area (Å²) in [7, 11) is 1.84. The summed E-state index contributed by atoms with van der Waals surface area (Å²) in [6.07, 6.45) is 2.16. The molecule has 6 heteroatoms. The maximum Gasteiger partial charge on any atom is 0.319 e. The van der Waals surface area contributed by atoms with Crippen molar-refractivity contribution < 1.29 is 4.79 Å². The Labute approximate surface area is 98.0 Å². The molecule has 2 amide bonds. The number of benzene rings is 1. The highest BCUT2D eigenvalue weighted by atomic mass is 16.2. The molecule has 88 valence electrons. The van der Waals surface area contributed by atoms with E-state index in [0.717, 1.165) is 29.6 Å². The van der Waals surface area contributed by atoms with Crippen LogP contribution in [0.25, 0.3) is 11.0 Å². The van der Waals surface area contributed by atoms with E-state index in [1.807, 2.05) is 25.2 Å². The molecular weight excluding hydrogens is 218 g/mol. The number of carbonyl (C=O) groups is 1. The number of amides is 2. The summed E-state index contributed by atoms with van der Waals surface area (Å²) in [4.78, 5) is 11.5. The van der Waals surface area contributed by atoms with E-state index in [-0.39, 0.29) is 6.03 Å². The summed E-state index contributed by atoms with van der Waals surface area (Å²) in [5, 5.41) is 13.6. The van der Waals surface area contributed by atoms with Crippen LogP contribution in [0.2, 0.25) is 0 Å². The van der Waals surface area contributed by atoms with Crippen LogP contribution in [0.15, 0.2) is 18.2 Å². The van der Waals surface area contributed by atoms with E-state index >= 15 is 0 Å². The summed E-state index contributed by atoms with van der Waals surface area (Å²) in [5.41, 5.74) is 2.45. The van der Waals surface area contributed by atoms with Gasteiger partial charge in [-0.2, -0.15) is 0 Å². The fourth-order valence-corrected chi connectivity index (χ4v) is 1.70. The van der Waals surface area contributed by atoms with Crippen LogP contribution in [-0.2, 0) is 7.05 Å². The highest BCUT2D eigenvalue weighted by Crippen LogP contribution is 2.19. The maximum absolute atomic E-state index is 11.5. The number of aromatic nitrogens is 3. The first-order valence-electron chi connectivity index (χ1n) is 5.59. The SMILES string of the molecule is Cn1nnc2cc(NC(=O)NC3CC3)ccc21. The summed E-state index contributed by atoms with van der Waals surface area (Å²) in [6, 6.07) is 5.75. The van der Waals surface area contributed by atoms with E-state index in [0.29, 0.717) is 6.04 Å². The lowest BCUT2D eigenvalue weighted by atomic mass is 10.3. The molecule has 1 saturated carbocycles. The summed E-state index contributed by atoms with van der Waals surface area (Å²) in [6.45, 7) is 0. The Morgan fingerprint density at radius 3 is 3.06 bits per heavy atom. The molecule has 17 heavy (non-hydrogen) atoms. The molecule has 6 nitrogen and oxygen atoms in total. The zero-order valence-corrected chi connectivity index (χ0v) is 9.47. The lowest BCUT2D eigenvalue weighted by Gasteiger charge is -2.06. The average Bonchev–Trinajstić information content (AvgIpc) is 3.03. The summed E-state index contributed by atoms with van der Waals surface area (Å²) in [5.74, 6) is 0. The van der Waals surface area contributed by atoms with Crippen molar-refractivity contribution in [1.82, 2.24) is 20.3 Å². The molecule has 0 spiro atoms. The minimum Gasteiger partial charge on any atom is -0.335 e. The molecule has 0 saturated heterocycles. The van der Waals surface area contributed by atoms with Gasteiger partial charge in [0, 0.05) is 18.8 Å². The van der Waals surface area contributed by atoms with Crippen molar-refractivity contribution in [1.29, 1.82) is 0 Å². The minimum atomic E-state index is -0.157. The van der Waals surface area contributed by atoms with Gasteiger partial charge < -0.3 is 10.6 Å². The zero-order valence-electron chi connectivity index (χ0n) is 9.47. The van der Waals surface area contributed by atoms with Crippen molar-refractivity contribution in [2.45, 2.75) is 18.9 Å². The summed E-state index contributed by atoms with van der Waals surface area (Å²) >= 11 is 0. The smallest absolute Gasteiger partial charge is 0.319 e. The van der Waals surface area contributed by atoms with E-state index in [9.17, 15) is 4.79 Å². The predicted octanol–water partition coefficient (Wildman–Crippen LogP) is 1.25. The Morgan fingerprint density at radius 2 is 2.29 bits per heavy atom. The van der Waals surface area contributed by atoms with Gasteiger partial charge in [0.05, 0.1) is 5.52 Å². The molecule has 1 aliphatic rings.